The zero-order valence-corrected chi connectivity index (χ0v) is 31.0. The maximum atomic E-state index is 9.85. The molecule has 3 aromatic heterocycles. The first-order valence-electron chi connectivity index (χ1n) is 18.2. The monoisotopic (exact) mass is 738 g/mol. The van der Waals surface area contributed by atoms with Gasteiger partial charge in [0, 0.05) is 74.1 Å². The van der Waals surface area contributed by atoms with Crippen molar-refractivity contribution >= 4 is 113 Å². The summed E-state index contributed by atoms with van der Waals surface area (Å²) in [5.74, 6) is 0.656. The largest absolute Gasteiger partial charge is 0.309 e. The Hall–Kier alpha value is -6.73. The Balaban J connectivity index is 1.20. The highest BCUT2D eigenvalue weighted by Gasteiger charge is 2.21. The summed E-state index contributed by atoms with van der Waals surface area (Å²) >= 11 is 3.58. The third-order valence-electron chi connectivity index (χ3n) is 10.5. The van der Waals surface area contributed by atoms with Gasteiger partial charge in [-0.1, -0.05) is 127 Å². The second-order valence-corrected chi connectivity index (χ2v) is 15.9. The number of aliphatic imine (C=N–C) groups is 2. The van der Waals surface area contributed by atoms with Crippen LogP contribution in [0.4, 0.5) is 0 Å². The number of fused-ring (bicyclic) bond motifs is 11. The van der Waals surface area contributed by atoms with Gasteiger partial charge in [0.2, 0.25) is 0 Å². The van der Waals surface area contributed by atoms with Gasteiger partial charge in [-0.25, -0.2) is 9.98 Å². The quantitative estimate of drug-likeness (QED) is 0.138. The smallest absolute Gasteiger partial charge is 0.161 e. The fourth-order valence-electron chi connectivity index (χ4n) is 7.97. The van der Waals surface area contributed by atoms with Crippen LogP contribution in [0.2, 0.25) is 0 Å². The summed E-state index contributed by atoms with van der Waals surface area (Å²) in [5.41, 5.74) is 5.85. The van der Waals surface area contributed by atoms with Crippen LogP contribution in [-0.2, 0) is 0 Å². The summed E-state index contributed by atoms with van der Waals surface area (Å²) in [6.07, 6.45) is 1.84. The zero-order chi connectivity index (χ0) is 36.5. The average Bonchev–Trinajstić information content (AvgIpc) is 3.91. The van der Waals surface area contributed by atoms with E-state index in [2.05, 4.69) is 132 Å². The van der Waals surface area contributed by atoms with Gasteiger partial charge in [0.25, 0.3) is 0 Å². The molecule has 55 heavy (non-hydrogen) atoms. The summed E-state index contributed by atoms with van der Waals surface area (Å²) < 4.78 is 7.13. The molecule has 0 saturated heterocycles. The molecule has 0 bridgehead atoms. The average molecular weight is 739 g/mol. The van der Waals surface area contributed by atoms with Crippen molar-refractivity contribution in [3.8, 4) is 5.69 Å². The molecule has 4 nitrogen and oxygen atoms in total. The minimum atomic E-state index is 0.167. The topological polar surface area (TPSA) is 53.5 Å². The number of nitrogens with one attached hydrogen (secondary N) is 1. The van der Waals surface area contributed by atoms with E-state index in [9.17, 15) is 5.41 Å². The second kappa shape index (κ2) is 12.7. The molecular weight excluding hydrogens is 709 g/mol. The SMILES string of the molecule is N=C(N=C(N=Cc1ccccc1)c1ccc2ccccc2c1)c1cc(-n2c3ccccc3c3ccccc32)cc2c1sc1ccc3c4ccccc4sc3c12. The van der Waals surface area contributed by atoms with Crippen LogP contribution in [0.5, 0.6) is 0 Å². The Bertz CT molecular complexity index is 3350. The number of nitrogens with zero attached hydrogens (tertiary/aromatic N) is 3. The lowest BCUT2D eigenvalue weighted by Crippen LogP contribution is -2.06. The van der Waals surface area contributed by atoms with Gasteiger partial charge in [-0.3, -0.25) is 5.41 Å². The summed E-state index contributed by atoms with van der Waals surface area (Å²) in [6.45, 7) is 0. The lowest BCUT2D eigenvalue weighted by atomic mass is 10.0. The van der Waals surface area contributed by atoms with Crippen LogP contribution >= 0.6 is 22.7 Å². The first-order chi connectivity index (χ1) is 27.2. The van der Waals surface area contributed by atoms with E-state index in [-0.39, 0.29) is 5.84 Å². The molecule has 0 aliphatic heterocycles. The van der Waals surface area contributed by atoms with Crippen molar-refractivity contribution in [1.82, 2.24) is 4.57 Å². The molecule has 0 saturated carbocycles. The zero-order valence-electron chi connectivity index (χ0n) is 29.4. The Kier molecular flexibility index (Phi) is 7.33. The van der Waals surface area contributed by atoms with E-state index in [4.69, 9.17) is 9.98 Å². The maximum Gasteiger partial charge on any atom is 0.161 e. The number of thiophene rings is 2. The Morgan fingerprint density at radius 1 is 0.527 bits per heavy atom. The highest BCUT2D eigenvalue weighted by Crippen LogP contribution is 2.46. The third kappa shape index (κ3) is 5.22. The molecule has 11 rings (SSSR count). The van der Waals surface area contributed by atoms with Crippen molar-refractivity contribution in [2.75, 3.05) is 0 Å². The van der Waals surface area contributed by atoms with Gasteiger partial charge in [-0.05, 0) is 58.8 Å². The molecule has 0 spiro atoms. The highest BCUT2D eigenvalue weighted by atomic mass is 32.1. The molecule has 0 fully saturated rings. The number of hydrogen-bond donors (Lipinski definition) is 1. The van der Waals surface area contributed by atoms with Gasteiger partial charge in [-0.15, -0.1) is 22.7 Å². The van der Waals surface area contributed by atoms with Gasteiger partial charge in [-0.2, -0.15) is 0 Å². The number of rotatable bonds is 4. The van der Waals surface area contributed by atoms with Gasteiger partial charge >= 0.3 is 0 Å². The molecule has 0 radical (unpaired) electrons. The fourth-order valence-corrected chi connectivity index (χ4v) is 10.5. The molecule has 258 valence electrons. The first kappa shape index (κ1) is 31.8. The van der Waals surface area contributed by atoms with Crippen LogP contribution in [-0.4, -0.2) is 22.5 Å². The molecule has 6 heteroatoms. The molecule has 8 aromatic carbocycles. The van der Waals surface area contributed by atoms with Crippen molar-refractivity contribution in [3.05, 3.63) is 187 Å². The molecule has 0 amide bonds. The first-order valence-corrected chi connectivity index (χ1v) is 19.9. The van der Waals surface area contributed by atoms with Crippen molar-refractivity contribution in [3.63, 3.8) is 0 Å². The van der Waals surface area contributed by atoms with Gasteiger partial charge in [0.1, 0.15) is 0 Å². The third-order valence-corrected chi connectivity index (χ3v) is 12.9. The maximum absolute atomic E-state index is 9.85. The van der Waals surface area contributed by atoms with E-state index in [1.165, 1.54) is 41.0 Å². The van der Waals surface area contributed by atoms with Gasteiger partial charge in [0.05, 0.1) is 11.0 Å². The lowest BCUT2D eigenvalue weighted by Gasteiger charge is -2.12. The van der Waals surface area contributed by atoms with E-state index in [0.717, 1.165) is 54.3 Å². The molecule has 0 aliphatic rings. The van der Waals surface area contributed by atoms with E-state index in [1.807, 2.05) is 60.0 Å². The van der Waals surface area contributed by atoms with E-state index < -0.39 is 0 Å². The van der Waals surface area contributed by atoms with Gasteiger partial charge < -0.3 is 4.57 Å². The lowest BCUT2D eigenvalue weighted by molar-refractivity contribution is 1.18. The summed E-state index contributed by atoms with van der Waals surface area (Å²) in [5, 5.41) is 19.4. The molecule has 0 atom stereocenters. The second-order valence-electron chi connectivity index (χ2n) is 13.8. The normalized spacial score (nSPS) is 12.5. The Morgan fingerprint density at radius 2 is 1.20 bits per heavy atom. The standard InChI is InChI=1S/C49H30N4S2/c50-48(52-49(51-29-30-12-2-1-3-13-30)33-23-22-31-14-4-5-15-32(31)26-33)40-28-34(53-41-19-9-6-16-35(41)36-17-7-10-20-42(36)53)27-39-45-44(55-46(39)40)25-24-38-37-18-8-11-21-43(37)54-47(38)45/h1-29,50H. The number of aromatic nitrogens is 1. The Morgan fingerprint density at radius 3 is 2.00 bits per heavy atom. The van der Waals surface area contributed by atoms with Crippen LogP contribution in [0.15, 0.2) is 180 Å². The van der Waals surface area contributed by atoms with Crippen LogP contribution in [0.25, 0.3) is 78.6 Å². The summed E-state index contributed by atoms with van der Waals surface area (Å²) in [6, 6.07) is 59.5. The molecule has 0 unspecified atom stereocenters. The minimum Gasteiger partial charge on any atom is -0.309 e. The van der Waals surface area contributed by atoms with E-state index >= 15 is 0 Å². The highest BCUT2D eigenvalue weighted by molar-refractivity contribution is 7.30. The summed E-state index contributed by atoms with van der Waals surface area (Å²) in [4.78, 5) is 10.1. The van der Waals surface area contributed by atoms with Crippen LogP contribution < -0.4 is 0 Å². The number of para-hydroxylation sites is 2. The molecular formula is C49H30N4S2. The minimum absolute atomic E-state index is 0.167. The van der Waals surface area contributed by atoms with Crippen molar-refractivity contribution in [1.29, 1.82) is 5.41 Å². The van der Waals surface area contributed by atoms with Crippen LogP contribution in [0.1, 0.15) is 16.7 Å². The predicted octanol–water partition coefficient (Wildman–Crippen LogP) is 13.6. The predicted molar refractivity (Wildman–Crippen MR) is 238 cm³/mol. The van der Waals surface area contributed by atoms with Crippen LogP contribution in [0, 0.1) is 5.41 Å². The molecule has 3 heterocycles. The van der Waals surface area contributed by atoms with Crippen molar-refractivity contribution in [2.45, 2.75) is 0 Å². The molecule has 1 N–H and O–H groups in total. The van der Waals surface area contributed by atoms with Gasteiger partial charge in [0.15, 0.2) is 11.7 Å². The Labute approximate surface area is 324 Å². The fraction of sp³-hybridized carbons (Fsp3) is 0. The van der Waals surface area contributed by atoms with Crippen molar-refractivity contribution < 1.29 is 0 Å². The van der Waals surface area contributed by atoms with E-state index in [0.29, 0.717) is 5.84 Å². The number of amidine groups is 2. The van der Waals surface area contributed by atoms with Crippen molar-refractivity contribution in [2.24, 2.45) is 9.98 Å². The summed E-state index contributed by atoms with van der Waals surface area (Å²) in [7, 11) is 0. The number of benzene rings is 8. The molecule has 11 aromatic rings. The molecule has 0 aliphatic carbocycles. The number of hydrogen-bond acceptors (Lipinski definition) is 3. The van der Waals surface area contributed by atoms with E-state index in [1.54, 1.807) is 11.3 Å². The van der Waals surface area contributed by atoms with Crippen LogP contribution in [0.3, 0.4) is 0 Å².